The summed E-state index contributed by atoms with van der Waals surface area (Å²) in [6.45, 7) is 0. The summed E-state index contributed by atoms with van der Waals surface area (Å²) in [4.78, 5) is 10.7. The molecule has 0 bridgehead atoms. The molecule has 1 aliphatic rings. The van der Waals surface area contributed by atoms with Gasteiger partial charge in [0.1, 0.15) is 0 Å². The maximum Gasteiger partial charge on any atom is 0.207 e. The maximum absolute atomic E-state index is 10.7. The standard InChI is InChI=1S/C14H16N2O/c1-16-13-8-3-2-5-10(13)11-6-4-7-12(14(11)16)15-9-17/h2-3,5,8-9,12H,4,6-7H2,1H3,(H,15,17). The highest BCUT2D eigenvalue weighted by Gasteiger charge is 2.25. The molecule has 2 aromatic rings. The molecule has 0 aliphatic heterocycles. The number of nitrogens with one attached hydrogen (secondary N) is 1. The second kappa shape index (κ2) is 3.91. The van der Waals surface area contributed by atoms with Gasteiger partial charge in [-0.3, -0.25) is 4.79 Å². The Hall–Kier alpha value is -1.77. The number of aryl methyl sites for hydroxylation is 2. The van der Waals surface area contributed by atoms with Crippen molar-refractivity contribution >= 4 is 17.3 Å². The quantitative estimate of drug-likeness (QED) is 0.786. The molecule has 0 fully saturated rings. The lowest BCUT2D eigenvalue weighted by molar-refractivity contribution is -0.110. The number of nitrogens with zero attached hydrogens (tertiary/aromatic N) is 1. The molecule has 88 valence electrons. The van der Waals surface area contributed by atoms with E-state index in [0.29, 0.717) is 0 Å². The molecule has 3 heteroatoms. The van der Waals surface area contributed by atoms with E-state index in [1.54, 1.807) is 0 Å². The van der Waals surface area contributed by atoms with Crippen LogP contribution in [0.25, 0.3) is 10.9 Å². The zero-order valence-electron chi connectivity index (χ0n) is 9.94. The molecule has 0 saturated heterocycles. The van der Waals surface area contributed by atoms with Gasteiger partial charge in [-0.05, 0) is 30.9 Å². The van der Waals surface area contributed by atoms with Gasteiger partial charge in [0.05, 0.1) is 6.04 Å². The third-order valence-corrected chi connectivity index (χ3v) is 3.78. The smallest absolute Gasteiger partial charge is 0.207 e. The molecule has 1 aliphatic carbocycles. The molecule has 1 aromatic heterocycles. The highest BCUT2D eigenvalue weighted by Crippen LogP contribution is 2.36. The van der Waals surface area contributed by atoms with Crippen LogP contribution < -0.4 is 5.32 Å². The zero-order valence-corrected chi connectivity index (χ0v) is 9.94. The summed E-state index contributed by atoms with van der Waals surface area (Å²) in [6.07, 6.45) is 4.12. The minimum atomic E-state index is 0.175. The molecule has 3 nitrogen and oxygen atoms in total. The summed E-state index contributed by atoms with van der Waals surface area (Å²) >= 11 is 0. The first-order valence-corrected chi connectivity index (χ1v) is 6.09. The normalized spacial score (nSPS) is 19.0. The average Bonchev–Trinajstić information content (AvgIpc) is 2.66. The molecule has 3 rings (SSSR count). The van der Waals surface area contributed by atoms with Crippen LogP contribution in [0.5, 0.6) is 0 Å². The van der Waals surface area contributed by atoms with E-state index in [-0.39, 0.29) is 6.04 Å². The molecule has 1 atom stereocenters. The number of carbonyl (C=O) groups excluding carboxylic acids is 1. The zero-order chi connectivity index (χ0) is 11.8. The Bertz CT molecular complexity index is 571. The van der Waals surface area contributed by atoms with Crippen LogP contribution in [0.2, 0.25) is 0 Å². The summed E-state index contributed by atoms with van der Waals surface area (Å²) < 4.78 is 2.23. The van der Waals surface area contributed by atoms with E-state index < -0.39 is 0 Å². The Labute approximate surface area is 100 Å². The number of benzene rings is 1. The maximum atomic E-state index is 10.7. The number of fused-ring (bicyclic) bond motifs is 3. The van der Waals surface area contributed by atoms with Gasteiger partial charge in [0, 0.05) is 23.6 Å². The second-order valence-corrected chi connectivity index (χ2v) is 4.67. The Morgan fingerprint density at radius 1 is 1.41 bits per heavy atom. The number of hydrogen-bond donors (Lipinski definition) is 1. The van der Waals surface area contributed by atoms with Crippen molar-refractivity contribution in [2.75, 3.05) is 0 Å². The van der Waals surface area contributed by atoms with Crippen LogP contribution in [0.3, 0.4) is 0 Å². The van der Waals surface area contributed by atoms with Gasteiger partial charge in [-0.2, -0.15) is 0 Å². The van der Waals surface area contributed by atoms with Gasteiger partial charge >= 0.3 is 0 Å². The highest BCUT2D eigenvalue weighted by molar-refractivity contribution is 5.86. The fourth-order valence-electron chi connectivity index (χ4n) is 3.06. The Morgan fingerprint density at radius 2 is 2.24 bits per heavy atom. The minimum absolute atomic E-state index is 0.175. The third-order valence-electron chi connectivity index (χ3n) is 3.78. The largest absolute Gasteiger partial charge is 0.350 e. The lowest BCUT2D eigenvalue weighted by Gasteiger charge is -2.23. The molecule has 1 amide bonds. The third kappa shape index (κ3) is 1.46. The molecule has 1 N–H and O–H groups in total. The average molecular weight is 228 g/mol. The van der Waals surface area contributed by atoms with Crippen LogP contribution in [0.1, 0.15) is 30.1 Å². The molecule has 0 radical (unpaired) electrons. The predicted octanol–water partition coefficient (Wildman–Crippen LogP) is 2.30. The van der Waals surface area contributed by atoms with Crippen molar-refractivity contribution in [1.29, 1.82) is 0 Å². The molecular weight excluding hydrogens is 212 g/mol. The molecule has 0 saturated carbocycles. The first-order chi connectivity index (χ1) is 8.33. The second-order valence-electron chi connectivity index (χ2n) is 4.67. The summed E-state index contributed by atoms with van der Waals surface area (Å²) in [5.74, 6) is 0. The van der Waals surface area contributed by atoms with Gasteiger partial charge in [-0.25, -0.2) is 0 Å². The monoisotopic (exact) mass is 228 g/mol. The Kier molecular flexibility index (Phi) is 2.39. The molecule has 1 heterocycles. The van der Waals surface area contributed by atoms with Crippen molar-refractivity contribution < 1.29 is 4.79 Å². The van der Waals surface area contributed by atoms with Gasteiger partial charge in [-0.15, -0.1) is 0 Å². The minimum Gasteiger partial charge on any atom is -0.350 e. The SMILES string of the molecule is Cn1c2c(c3ccccc31)CCCC2NC=O. The van der Waals surface area contributed by atoms with Crippen molar-refractivity contribution in [3.63, 3.8) is 0 Å². The van der Waals surface area contributed by atoms with E-state index in [1.165, 1.54) is 22.2 Å². The number of carbonyl (C=O) groups is 1. The lowest BCUT2D eigenvalue weighted by Crippen LogP contribution is -2.25. The molecule has 0 spiro atoms. The van der Waals surface area contributed by atoms with Crippen LogP contribution in [0, 0.1) is 0 Å². The molecule has 1 unspecified atom stereocenters. The predicted molar refractivity (Wildman–Crippen MR) is 67.8 cm³/mol. The van der Waals surface area contributed by atoms with E-state index in [1.807, 2.05) is 0 Å². The van der Waals surface area contributed by atoms with Crippen LogP contribution in [0.4, 0.5) is 0 Å². The Morgan fingerprint density at radius 3 is 3.06 bits per heavy atom. The van der Waals surface area contributed by atoms with E-state index in [0.717, 1.165) is 25.7 Å². The van der Waals surface area contributed by atoms with E-state index in [4.69, 9.17) is 0 Å². The molecule has 1 aromatic carbocycles. The number of amides is 1. The highest BCUT2D eigenvalue weighted by atomic mass is 16.1. The summed E-state index contributed by atoms with van der Waals surface area (Å²) in [5.41, 5.74) is 3.95. The summed E-state index contributed by atoms with van der Waals surface area (Å²) in [7, 11) is 2.09. The van der Waals surface area contributed by atoms with E-state index in [9.17, 15) is 4.79 Å². The Balaban J connectivity index is 2.25. The fourth-order valence-corrected chi connectivity index (χ4v) is 3.06. The van der Waals surface area contributed by atoms with Crippen molar-refractivity contribution in [3.05, 3.63) is 35.5 Å². The summed E-state index contributed by atoms with van der Waals surface area (Å²) in [5, 5.41) is 4.28. The van der Waals surface area contributed by atoms with Crippen molar-refractivity contribution in [1.82, 2.24) is 9.88 Å². The number of hydrogen-bond acceptors (Lipinski definition) is 1. The first kappa shape index (κ1) is 10.4. The first-order valence-electron chi connectivity index (χ1n) is 6.09. The van der Waals surface area contributed by atoms with E-state index >= 15 is 0 Å². The van der Waals surface area contributed by atoms with Crippen LogP contribution in [0.15, 0.2) is 24.3 Å². The number of para-hydroxylation sites is 1. The molecule has 17 heavy (non-hydrogen) atoms. The van der Waals surface area contributed by atoms with Gasteiger partial charge in [0.2, 0.25) is 6.41 Å². The molecular formula is C14H16N2O. The van der Waals surface area contributed by atoms with Gasteiger partial charge < -0.3 is 9.88 Å². The van der Waals surface area contributed by atoms with Crippen LogP contribution >= 0.6 is 0 Å². The van der Waals surface area contributed by atoms with Crippen LogP contribution in [-0.2, 0) is 18.3 Å². The van der Waals surface area contributed by atoms with Crippen molar-refractivity contribution in [3.8, 4) is 0 Å². The van der Waals surface area contributed by atoms with Gasteiger partial charge in [0.25, 0.3) is 0 Å². The topological polar surface area (TPSA) is 34.0 Å². The van der Waals surface area contributed by atoms with E-state index in [2.05, 4.69) is 41.2 Å². The van der Waals surface area contributed by atoms with Crippen LogP contribution in [-0.4, -0.2) is 11.0 Å². The fraction of sp³-hybridized carbons (Fsp3) is 0.357. The number of rotatable bonds is 2. The van der Waals surface area contributed by atoms with Gasteiger partial charge in [0.15, 0.2) is 0 Å². The van der Waals surface area contributed by atoms with Crippen molar-refractivity contribution in [2.24, 2.45) is 7.05 Å². The van der Waals surface area contributed by atoms with Crippen molar-refractivity contribution in [2.45, 2.75) is 25.3 Å². The number of aromatic nitrogens is 1. The lowest BCUT2D eigenvalue weighted by atomic mass is 9.92. The van der Waals surface area contributed by atoms with Gasteiger partial charge in [-0.1, -0.05) is 18.2 Å². The summed E-state index contributed by atoms with van der Waals surface area (Å²) in [6, 6.07) is 8.65.